The molecular weight excluding hydrogens is 287 g/mol. The van der Waals surface area contributed by atoms with Gasteiger partial charge in [0.15, 0.2) is 0 Å². The maximum atomic E-state index is 13.4. The third-order valence-electron chi connectivity index (χ3n) is 4.81. The molecule has 2 amide bonds. The molecule has 1 aliphatic carbocycles. The average Bonchev–Trinajstić information content (AvgIpc) is 2.75. The van der Waals surface area contributed by atoms with Gasteiger partial charge in [-0.15, -0.1) is 0 Å². The topological polar surface area (TPSA) is 69.6 Å². The van der Waals surface area contributed by atoms with E-state index in [-0.39, 0.29) is 17.8 Å². The fraction of sp³-hybridized carbons (Fsp3) is 0.500. The van der Waals surface area contributed by atoms with Crippen LogP contribution in [0.3, 0.4) is 0 Å². The quantitative estimate of drug-likeness (QED) is 0.882. The number of rotatable bonds is 2. The van der Waals surface area contributed by atoms with Crippen molar-refractivity contribution >= 4 is 17.7 Å². The molecule has 6 heteroatoms. The first-order chi connectivity index (χ1) is 10.5. The van der Waals surface area contributed by atoms with Crippen LogP contribution in [0.15, 0.2) is 24.3 Å². The molecule has 0 aromatic heterocycles. The van der Waals surface area contributed by atoms with Crippen molar-refractivity contribution in [2.45, 2.75) is 38.1 Å². The number of carbonyl (C=O) groups excluding carboxylic acids is 1. The average molecular weight is 306 g/mol. The summed E-state index contributed by atoms with van der Waals surface area (Å²) in [6.45, 7) is 0.558. The van der Waals surface area contributed by atoms with Crippen LogP contribution in [0.1, 0.15) is 32.1 Å². The highest BCUT2D eigenvalue weighted by atomic mass is 19.1. The summed E-state index contributed by atoms with van der Waals surface area (Å²) in [5.41, 5.74) is 0.0766. The maximum Gasteiger partial charge on any atom is 0.404 e. The van der Waals surface area contributed by atoms with E-state index in [0.717, 1.165) is 19.3 Å². The molecule has 5 nitrogen and oxygen atoms in total. The minimum Gasteiger partial charge on any atom is -0.465 e. The molecule has 2 fully saturated rings. The van der Waals surface area contributed by atoms with Crippen molar-refractivity contribution in [3.05, 3.63) is 30.1 Å². The number of amides is 2. The summed E-state index contributed by atoms with van der Waals surface area (Å²) in [4.78, 5) is 25.3. The Morgan fingerprint density at radius 1 is 1.41 bits per heavy atom. The van der Waals surface area contributed by atoms with Crippen LogP contribution in [0.25, 0.3) is 0 Å². The first-order valence-corrected chi connectivity index (χ1v) is 7.57. The van der Waals surface area contributed by atoms with Gasteiger partial charge in [0.25, 0.3) is 0 Å². The molecule has 2 unspecified atom stereocenters. The van der Waals surface area contributed by atoms with Gasteiger partial charge in [0.2, 0.25) is 5.91 Å². The predicted molar refractivity (Wildman–Crippen MR) is 79.2 cm³/mol. The van der Waals surface area contributed by atoms with Crippen LogP contribution in [0.4, 0.5) is 14.9 Å². The Balaban J connectivity index is 1.79. The molecule has 1 aliphatic heterocycles. The van der Waals surface area contributed by atoms with Crippen LogP contribution < -0.4 is 10.2 Å². The lowest BCUT2D eigenvalue weighted by Gasteiger charge is -2.36. The van der Waals surface area contributed by atoms with Gasteiger partial charge in [-0.3, -0.25) is 4.79 Å². The van der Waals surface area contributed by atoms with Crippen molar-refractivity contribution in [1.29, 1.82) is 0 Å². The Bertz CT molecular complexity index is 607. The summed E-state index contributed by atoms with van der Waals surface area (Å²) < 4.78 is 13.4. The second-order valence-electron chi connectivity index (χ2n) is 6.21. The number of benzene rings is 1. The number of nitrogens with zero attached hydrogens (tertiary/aromatic N) is 1. The standard InChI is InChI=1S/C16H19FN2O3/c17-11-3-1-5-13(9-11)19-8-7-16(14(19)20)6-2-4-12(10-16)18-15(21)22/h1,3,5,9,12,18H,2,4,6-8,10H2,(H,21,22). The van der Waals surface area contributed by atoms with Crippen LogP contribution in [0.2, 0.25) is 0 Å². The summed E-state index contributed by atoms with van der Waals surface area (Å²) >= 11 is 0. The Hall–Kier alpha value is -2.11. The van der Waals surface area contributed by atoms with E-state index in [0.29, 0.717) is 25.1 Å². The fourth-order valence-electron chi connectivity index (χ4n) is 3.79. The van der Waals surface area contributed by atoms with E-state index in [4.69, 9.17) is 5.11 Å². The molecule has 2 N–H and O–H groups in total. The molecule has 1 aromatic carbocycles. The summed E-state index contributed by atoms with van der Waals surface area (Å²) in [6, 6.07) is 5.87. The molecule has 3 rings (SSSR count). The van der Waals surface area contributed by atoms with Gasteiger partial charge >= 0.3 is 6.09 Å². The van der Waals surface area contributed by atoms with Crippen LogP contribution in [0.5, 0.6) is 0 Å². The van der Waals surface area contributed by atoms with E-state index in [1.807, 2.05) is 0 Å². The molecule has 0 radical (unpaired) electrons. The molecule has 2 atom stereocenters. The largest absolute Gasteiger partial charge is 0.465 e. The summed E-state index contributed by atoms with van der Waals surface area (Å²) in [6.07, 6.45) is 2.55. The van der Waals surface area contributed by atoms with Crippen molar-refractivity contribution in [1.82, 2.24) is 5.32 Å². The number of nitrogens with one attached hydrogen (secondary N) is 1. The molecular formula is C16H19FN2O3. The Morgan fingerprint density at radius 3 is 2.95 bits per heavy atom. The molecule has 1 saturated heterocycles. The van der Waals surface area contributed by atoms with Gasteiger partial charge in [-0.2, -0.15) is 0 Å². The van der Waals surface area contributed by atoms with Gasteiger partial charge in [0, 0.05) is 18.3 Å². The smallest absolute Gasteiger partial charge is 0.404 e. The lowest BCUT2D eigenvalue weighted by molar-refractivity contribution is -0.127. The van der Waals surface area contributed by atoms with Crippen LogP contribution in [-0.2, 0) is 4.79 Å². The van der Waals surface area contributed by atoms with Gasteiger partial charge in [-0.05, 0) is 43.9 Å². The molecule has 1 heterocycles. The van der Waals surface area contributed by atoms with E-state index < -0.39 is 11.5 Å². The fourth-order valence-corrected chi connectivity index (χ4v) is 3.79. The van der Waals surface area contributed by atoms with Gasteiger partial charge in [0.05, 0.1) is 5.41 Å². The zero-order valence-corrected chi connectivity index (χ0v) is 12.2. The van der Waals surface area contributed by atoms with Crippen LogP contribution >= 0.6 is 0 Å². The van der Waals surface area contributed by atoms with Crippen molar-refractivity contribution in [3.63, 3.8) is 0 Å². The lowest BCUT2D eigenvalue weighted by atomic mass is 9.71. The van der Waals surface area contributed by atoms with E-state index in [1.165, 1.54) is 12.1 Å². The number of anilines is 1. The van der Waals surface area contributed by atoms with Crippen LogP contribution in [-0.4, -0.2) is 29.7 Å². The van der Waals surface area contributed by atoms with E-state index in [2.05, 4.69) is 5.32 Å². The highest BCUT2D eigenvalue weighted by Gasteiger charge is 2.49. The van der Waals surface area contributed by atoms with Gasteiger partial charge in [-0.25, -0.2) is 9.18 Å². The number of hydrogen-bond acceptors (Lipinski definition) is 2. The lowest BCUT2D eigenvalue weighted by Crippen LogP contribution is -2.45. The molecule has 0 bridgehead atoms. The Labute approximate surface area is 128 Å². The highest BCUT2D eigenvalue weighted by Crippen LogP contribution is 2.46. The van der Waals surface area contributed by atoms with Crippen molar-refractivity contribution in [3.8, 4) is 0 Å². The number of carboxylic acid groups (broad SMARTS) is 1. The minimum atomic E-state index is -1.05. The van der Waals surface area contributed by atoms with Crippen LogP contribution in [0, 0.1) is 11.2 Å². The first-order valence-electron chi connectivity index (χ1n) is 7.57. The number of halogens is 1. The monoisotopic (exact) mass is 306 g/mol. The normalized spacial score (nSPS) is 28.1. The second kappa shape index (κ2) is 5.59. The number of carbonyl (C=O) groups is 2. The third kappa shape index (κ3) is 2.65. The minimum absolute atomic E-state index is 0.00464. The molecule has 1 spiro atoms. The zero-order chi connectivity index (χ0) is 15.7. The molecule has 1 aromatic rings. The van der Waals surface area contributed by atoms with Crippen molar-refractivity contribution < 1.29 is 19.1 Å². The van der Waals surface area contributed by atoms with Gasteiger partial charge < -0.3 is 15.3 Å². The Morgan fingerprint density at radius 2 is 2.23 bits per heavy atom. The third-order valence-corrected chi connectivity index (χ3v) is 4.81. The molecule has 1 saturated carbocycles. The van der Waals surface area contributed by atoms with E-state index >= 15 is 0 Å². The van der Waals surface area contributed by atoms with Crippen molar-refractivity contribution in [2.24, 2.45) is 5.41 Å². The maximum absolute atomic E-state index is 13.4. The molecule has 22 heavy (non-hydrogen) atoms. The second-order valence-corrected chi connectivity index (χ2v) is 6.21. The van der Waals surface area contributed by atoms with Crippen molar-refractivity contribution in [2.75, 3.05) is 11.4 Å². The van der Waals surface area contributed by atoms with E-state index in [1.54, 1.807) is 17.0 Å². The summed E-state index contributed by atoms with van der Waals surface area (Å²) in [5.74, 6) is -0.365. The zero-order valence-electron chi connectivity index (χ0n) is 12.2. The molecule has 2 aliphatic rings. The summed E-state index contributed by atoms with van der Waals surface area (Å²) in [5, 5.41) is 11.4. The SMILES string of the molecule is O=C(O)NC1CCCC2(CCN(c3cccc(F)c3)C2=O)C1. The summed E-state index contributed by atoms with van der Waals surface area (Å²) in [7, 11) is 0. The van der Waals surface area contributed by atoms with Gasteiger partial charge in [0.1, 0.15) is 5.82 Å². The first kappa shape index (κ1) is 14.8. The highest BCUT2D eigenvalue weighted by molar-refractivity contribution is 6.00. The number of hydrogen-bond donors (Lipinski definition) is 2. The van der Waals surface area contributed by atoms with E-state index in [9.17, 15) is 14.0 Å². The molecule has 118 valence electrons. The Kier molecular flexibility index (Phi) is 3.76. The van der Waals surface area contributed by atoms with Gasteiger partial charge in [-0.1, -0.05) is 12.5 Å². The predicted octanol–water partition coefficient (Wildman–Crippen LogP) is 2.76.